The largest absolute Gasteiger partial charge is 0.470 e. The fourth-order valence-electron chi connectivity index (χ4n) is 1.38. The summed E-state index contributed by atoms with van der Waals surface area (Å²) in [5, 5.41) is 0. The molecule has 0 aliphatic carbocycles. The lowest BCUT2D eigenvalue weighted by molar-refractivity contribution is -0.119. The Bertz CT molecular complexity index is 395. The molecule has 21 heavy (non-hydrogen) atoms. The average molecular weight is 360 g/mol. The molecule has 128 valence electrons. The Morgan fingerprint density at radius 1 is 1.00 bits per heavy atom. The van der Waals surface area contributed by atoms with E-state index in [1.807, 2.05) is 0 Å². The maximum absolute atomic E-state index is 13.1. The Morgan fingerprint density at radius 3 is 2.00 bits per heavy atom. The highest BCUT2D eigenvalue weighted by molar-refractivity contribution is 7.46. The second-order valence-electron chi connectivity index (χ2n) is 4.15. The predicted molar refractivity (Wildman–Crippen MR) is 64.3 cm³/mol. The molecule has 0 aromatic heterocycles. The van der Waals surface area contributed by atoms with E-state index in [-0.39, 0.29) is 25.9 Å². The van der Waals surface area contributed by atoms with E-state index in [0.29, 0.717) is 0 Å². The van der Waals surface area contributed by atoms with Crippen LogP contribution >= 0.6 is 15.6 Å². The molecule has 13 heteroatoms. The zero-order valence-corrected chi connectivity index (χ0v) is 12.6. The molecule has 0 rings (SSSR count). The first-order valence-electron chi connectivity index (χ1n) is 5.75. The van der Waals surface area contributed by atoms with Crippen molar-refractivity contribution in [1.82, 2.24) is 0 Å². The van der Waals surface area contributed by atoms with Gasteiger partial charge >= 0.3 is 21.6 Å². The molecule has 0 aromatic rings. The summed E-state index contributed by atoms with van der Waals surface area (Å²) in [6.07, 6.45) is -2.55. The molecule has 0 radical (unpaired) electrons. The van der Waals surface area contributed by atoms with E-state index in [9.17, 15) is 22.3 Å². The number of halogens is 3. The van der Waals surface area contributed by atoms with Crippen LogP contribution in [0.25, 0.3) is 0 Å². The van der Waals surface area contributed by atoms with Crippen LogP contribution in [0, 0.1) is 0 Å². The molecule has 0 saturated heterocycles. The Hall–Kier alpha value is 0.01000. The van der Waals surface area contributed by atoms with Gasteiger partial charge in [-0.3, -0.25) is 9.05 Å². The van der Waals surface area contributed by atoms with Crippen LogP contribution < -0.4 is 0 Å². The molecule has 0 amide bonds. The number of unbranched alkanes of at least 4 members (excludes halogenated alkanes) is 2. The molecular formula is C8H17F3O8P2. The normalized spacial score (nSPS) is 15.2. The molecule has 0 bridgehead atoms. The minimum Gasteiger partial charge on any atom is -0.303 e. The van der Waals surface area contributed by atoms with Crippen molar-refractivity contribution in [3.63, 3.8) is 0 Å². The van der Waals surface area contributed by atoms with E-state index < -0.39 is 40.8 Å². The maximum atomic E-state index is 13.1. The lowest BCUT2D eigenvalue weighted by Gasteiger charge is -2.24. The standard InChI is InChI=1S/C8H17F3O8P2/c9-6-8(10,11)7(19-21(15,16)17)4-2-1-3-5-18-20(12,13)14/h7H,1-6H2,(H2,12,13,14)(H2,15,16,17). The van der Waals surface area contributed by atoms with Gasteiger partial charge in [-0.2, -0.15) is 0 Å². The van der Waals surface area contributed by atoms with Gasteiger partial charge in [0.25, 0.3) is 0 Å². The van der Waals surface area contributed by atoms with Crippen LogP contribution in [0.15, 0.2) is 0 Å². The van der Waals surface area contributed by atoms with Gasteiger partial charge in [-0.05, 0) is 12.8 Å². The zero-order valence-electron chi connectivity index (χ0n) is 10.8. The highest BCUT2D eigenvalue weighted by Gasteiger charge is 2.43. The summed E-state index contributed by atoms with van der Waals surface area (Å²) >= 11 is 0. The van der Waals surface area contributed by atoms with Gasteiger partial charge in [0, 0.05) is 0 Å². The van der Waals surface area contributed by atoms with Crippen molar-refractivity contribution in [2.75, 3.05) is 13.3 Å². The molecule has 0 spiro atoms. The smallest absolute Gasteiger partial charge is 0.303 e. The fraction of sp³-hybridized carbons (Fsp3) is 1.00. The zero-order chi connectivity index (χ0) is 16.7. The Morgan fingerprint density at radius 2 is 1.57 bits per heavy atom. The maximum Gasteiger partial charge on any atom is 0.470 e. The van der Waals surface area contributed by atoms with Crippen molar-refractivity contribution in [2.45, 2.75) is 37.7 Å². The van der Waals surface area contributed by atoms with E-state index in [0.717, 1.165) is 0 Å². The van der Waals surface area contributed by atoms with E-state index in [1.54, 1.807) is 0 Å². The van der Waals surface area contributed by atoms with Gasteiger partial charge in [-0.15, -0.1) is 0 Å². The SMILES string of the molecule is O=P(O)(O)OCCCCCC(OP(=O)(O)O)C(F)(F)CF. The lowest BCUT2D eigenvalue weighted by Crippen LogP contribution is -2.37. The van der Waals surface area contributed by atoms with Gasteiger partial charge in [-0.25, -0.2) is 22.3 Å². The van der Waals surface area contributed by atoms with Crippen molar-refractivity contribution in [1.29, 1.82) is 0 Å². The number of hydrogen-bond acceptors (Lipinski definition) is 4. The number of phosphoric acid groups is 2. The Kier molecular flexibility index (Phi) is 8.60. The first-order chi connectivity index (χ1) is 9.37. The number of phosphoric ester groups is 2. The molecular weight excluding hydrogens is 343 g/mol. The second kappa shape index (κ2) is 8.59. The minimum absolute atomic E-state index is 0.0230. The van der Waals surface area contributed by atoms with E-state index in [1.165, 1.54) is 0 Å². The number of alkyl halides is 3. The molecule has 1 unspecified atom stereocenters. The molecule has 1 atom stereocenters. The summed E-state index contributed by atoms with van der Waals surface area (Å²) in [6.45, 7) is -2.44. The van der Waals surface area contributed by atoms with Crippen molar-refractivity contribution in [3.05, 3.63) is 0 Å². The van der Waals surface area contributed by atoms with Gasteiger partial charge in [0.15, 0.2) is 6.67 Å². The van der Waals surface area contributed by atoms with Crippen LogP contribution in [0.2, 0.25) is 0 Å². The fourth-order valence-corrected chi connectivity index (χ4v) is 2.34. The molecule has 0 aliphatic heterocycles. The molecule has 4 N–H and O–H groups in total. The Balaban J connectivity index is 4.20. The first kappa shape index (κ1) is 21.0. The molecule has 8 nitrogen and oxygen atoms in total. The molecule has 0 saturated carbocycles. The second-order valence-corrected chi connectivity index (χ2v) is 6.58. The average Bonchev–Trinajstić information content (AvgIpc) is 2.29. The van der Waals surface area contributed by atoms with E-state index in [4.69, 9.17) is 19.6 Å². The van der Waals surface area contributed by atoms with Crippen LogP contribution in [0.4, 0.5) is 13.2 Å². The molecule has 0 fully saturated rings. The van der Waals surface area contributed by atoms with Gasteiger partial charge in [0.2, 0.25) is 0 Å². The number of hydrogen-bond donors (Lipinski definition) is 4. The van der Waals surface area contributed by atoms with Crippen LogP contribution in [0.1, 0.15) is 25.7 Å². The predicted octanol–water partition coefficient (Wildman–Crippen LogP) is 1.74. The van der Waals surface area contributed by atoms with Crippen LogP contribution in [0.5, 0.6) is 0 Å². The topological polar surface area (TPSA) is 134 Å². The van der Waals surface area contributed by atoms with Crippen LogP contribution in [-0.2, 0) is 18.2 Å². The van der Waals surface area contributed by atoms with E-state index in [2.05, 4.69) is 9.05 Å². The highest BCUT2D eigenvalue weighted by atomic mass is 31.2. The number of rotatable bonds is 11. The van der Waals surface area contributed by atoms with Crippen molar-refractivity contribution >= 4 is 15.6 Å². The van der Waals surface area contributed by atoms with Crippen LogP contribution in [-0.4, -0.2) is 44.9 Å². The monoisotopic (exact) mass is 360 g/mol. The minimum atomic E-state index is -5.19. The summed E-state index contributed by atoms with van der Waals surface area (Å²) in [5.41, 5.74) is 0. The first-order valence-corrected chi connectivity index (χ1v) is 8.81. The highest BCUT2D eigenvalue weighted by Crippen LogP contribution is 2.43. The van der Waals surface area contributed by atoms with Gasteiger partial charge < -0.3 is 19.6 Å². The van der Waals surface area contributed by atoms with Gasteiger partial charge in [0.1, 0.15) is 6.10 Å². The van der Waals surface area contributed by atoms with Crippen molar-refractivity contribution < 1.29 is 50.9 Å². The summed E-state index contributed by atoms with van der Waals surface area (Å²) in [4.78, 5) is 33.7. The Labute approximate surface area is 118 Å². The third-order valence-electron chi connectivity index (χ3n) is 2.28. The van der Waals surface area contributed by atoms with Crippen molar-refractivity contribution in [2.24, 2.45) is 0 Å². The lowest BCUT2D eigenvalue weighted by atomic mass is 10.1. The van der Waals surface area contributed by atoms with Crippen molar-refractivity contribution in [3.8, 4) is 0 Å². The molecule has 0 aromatic carbocycles. The molecule has 0 heterocycles. The third kappa shape index (κ3) is 11.3. The summed E-state index contributed by atoms with van der Waals surface area (Å²) in [7, 11) is -9.78. The third-order valence-corrected chi connectivity index (χ3v) is 3.33. The summed E-state index contributed by atoms with van der Waals surface area (Å²) in [5.74, 6) is -4.04. The van der Waals surface area contributed by atoms with Gasteiger partial charge in [0.05, 0.1) is 6.61 Å². The quantitative estimate of drug-likeness (QED) is 0.323. The summed E-state index contributed by atoms with van der Waals surface area (Å²) < 4.78 is 67.3. The van der Waals surface area contributed by atoms with Crippen LogP contribution in [0.3, 0.4) is 0 Å². The summed E-state index contributed by atoms with van der Waals surface area (Å²) in [6, 6.07) is 0. The van der Waals surface area contributed by atoms with Gasteiger partial charge in [-0.1, -0.05) is 12.8 Å². The molecule has 0 aliphatic rings. The van der Waals surface area contributed by atoms with E-state index >= 15 is 0 Å².